The van der Waals surface area contributed by atoms with Crippen molar-refractivity contribution in [3.63, 3.8) is 0 Å². The van der Waals surface area contributed by atoms with Crippen LogP contribution in [-0.4, -0.2) is 16.7 Å². The SMILES string of the molecule is Cc1c(-c2cccc(C(F)(F)F)c2)c(=O)c(C(=O)NCc2ccc(S(C)=NC#N)cc2)cn1C(C)C. The second-order valence-electron chi connectivity index (χ2n) is 8.41. The van der Waals surface area contributed by atoms with E-state index < -0.39 is 33.8 Å². The van der Waals surface area contributed by atoms with E-state index in [1.165, 1.54) is 18.3 Å². The third-order valence-corrected chi connectivity index (χ3v) is 6.97. The summed E-state index contributed by atoms with van der Waals surface area (Å²) in [6.07, 6.45) is 0.484. The maximum absolute atomic E-state index is 13.4. The highest BCUT2D eigenvalue weighted by molar-refractivity contribution is 7.86. The van der Waals surface area contributed by atoms with Crippen molar-refractivity contribution in [2.75, 3.05) is 6.26 Å². The van der Waals surface area contributed by atoms with Gasteiger partial charge in [0.1, 0.15) is 5.56 Å². The van der Waals surface area contributed by atoms with Crippen molar-refractivity contribution in [3.05, 3.63) is 87.3 Å². The second kappa shape index (κ2) is 10.9. The molecule has 3 aromatic rings. The molecule has 10 heteroatoms. The minimum atomic E-state index is -4.56. The van der Waals surface area contributed by atoms with Crippen LogP contribution in [0.1, 0.15) is 47.1 Å². The van der Waals surface area contributed by atoms with Gasteiger partial charge >= 0.3 is 6.18 Å². The first-order chi connectivity index (χ1) is 16.9. The summed E-state index contributed by atoms with van der Waals surface area (Å²) in [5.74, 6) is -0.624. The van der Waals surface area contributed by atoms with Crippen LogP contribution in [0.2, 0.25) is 0 Å². The van der Waals surface area contributed by atoms with Gasteiger partial charge in [-0.05, 0) is 62.4 Å². The Balaban J connectivity index is 1.97. The quantitative estimate of drug-likeness (QED) is 0.433. The van der Waals surface area contributed by atoms with Gasteiger partial charge < -0.3 is 9.88 Å². The van der Waals surface area contributed by atoms with Crippen molar-refractivity contribution in [1.82, 2.24) is 9.88 Å². The summed E-state index contributed by atoms with van der Waals surface area (Å²) in [6, 6.07) is 11.6. The predicted octanol–water partition coefficient (Wildman–Crippen LogP) is 5.63. The van der Waals surface area contributed by atoms with E-state index in [2.05, 4.69) is 9.68 Å². The lowest BCUT2D eigenvalue weighted by Gasteiger charge is -2.20. The molecule has 0 aliphatic carbocycles. The summed E-state index contributed by atoms with van der Waals surface area (Å²) in [4.78, 5) is 27.3. The van der Waals surface area contributed by atoms with Gasteiger partial charge in [0, 0.05) is 34.9 Å². The zero-order valence-electron chi connectivity index (χ0n) is 20.2. The molecule has 0 bridgehead atoms. The molecular formula is C26H25F3N4O2S. The Morgan fingerprint density at radius 3 is 2.44 bits per heavy atom. The number of pyridine rings is 1. The number of hydrogen-bond acceptors (Lipinski definition) is 4. The minimum Gasteiger partial charge on any atom is -0.348 e. The zero-order chi connectivity index (χ0) is 26.6. The number of amides is 1. The van der Waals surface area contributed by atoms with E-state index in [1.807, 2.05) is 32.2 Å². The van der Waals surface area contributed by atoms with E-state index in [-0.39, 0.29) is 29.3 Å². The Morgan fingerprint density at radius 2 is 1.86 bits per heavy atom. The normalized spacial score (nSPS) is 12.4. The van der Waals surface area contributed by atoms with Crippen LogP contribution in [-0.2, 0) is 23.4 Å². The third kappa shape index (κ3) is 5.91. The van der Waals surface area contributed by atoms with E-state index in [0.717, 1.165) is 22.6 Å². The molecule has 1 aromatic heterocycles. The molecule has 6 nitrogen and oxygen atoms in total. The molecule has 0 saturated carbocycles. The number of hydrogen-bond donors (Lipinski definition) is 1. The molecule has 0 spiro atoms. The van der Waals surface area contributed by atoms with Crippen molar-refractivity contribution in [2.45, 2.75) is 44.4 Å². The summed E-state index contributed by atoms with van der Waals surface area (Å²) in [5.41, 5.74) is -0.251. The fourth-order valence-corrected chi connectivity index (χ4v) is 4.57. The fourth-order valence-electron chi connectivity index (χ4n) is 3.81. The van der Waals surface area contributed by atoms with Crippen LogP contribution in [0.5, 0.6) is 0 Å². The summed E-state index contributed by atoms with van der Waals surface area (Å²) in [7, 11) is -0.563. The molecule has 0 aliphatic heterocycles. The molecule has 1 amide bonds. The van der Waals surface area contributed by atoms with Gasteiger partial charge in [0.25, 0.3) is 5.91 Å². The molecule has 0 aliphatic rings. The number of nitriles is 1. The van der Waals surface area contributed by atoms with Crippen molar-refractivity contribution >= 4 is 16.6 Å². The molecular weight excluding hydrogens is 489 g/mol. The molecule has 3 rings (SSSR count). The lowest BCUT2D eigenvalue weighted by Crippen LogP contribution is -2.31. The molecule has 1 atom stereocenters. The second-order valence-corrected chi connectivity index (χ2v) is 10.0. The average Bonchev–Trinajstić information content (AvgIpc) is 2.82. The van der Waals surface area contributed by atoms with Gasteiger partial charge in [0.05, 0.1) is 5.56 Å². The predicted molar refractivity (Wildman–Crippen MR) is 133 cm³/mol. The van der Waals surface area contributed by atoms with E-state index in [0.29, 0.717) is 5.69 Å². The third-order valence-electron chi connectivity index (χ3n) is 5.66. The highest BCUT2D eigenvalue weighted by Gasteiger charge is 2.31. The molecule has 0 saturated heterocycles. The molecule has 1 heterocycles. The van der Waals surface area contributed by atoms with Crippen LogP contribution in [0.25, 0.3) is 11.1 Å². The number of carbonyl (C=O) groups excluding carboxylic acids is 1. The van der Waals surface area contributed by atoms with Gasteiger partial charge in [-0.2, -0.15) is 18.4 Å². The largest absolute Gasteiger partial charge is 0.416 e. The molecule has 0 radical (unpaired) electrons. The van der Waals surface area contributed by atoms with E-state index in [1.54, 1.807) is 29.8 Å². The number of aromatic nitrogens is 1. The number of carbonyl (C=O) groups is 1. The summed E-state index contributed by atoms with van der Waals surface area (Å²) < 4.78 is 45.4. The number of halogens is 3. The van der Waals surface area contributed by atoms with Crippen molar-refractivity contribution in [3.8, 4) is 17.3 Å². The molecule has 2 aromatic carbocycles. The monoisotopic (exact) mass is 514 g/mol. The lowest BCUT2D eigenvalue weighted by atomic mass is 9.98. The number of nitrogens with zero attached hydrogens (tertiary/aromatic N) is 3. The fraction of sp³-hybridized carbons (Fsp3) is 0.269. The van der Waals surface area contributed by atoms with Gasteiger partial charge in [-0.25, -0.2) is 0 Å². The Labute approximate surface area is 209 Å². The molecule has 36 heavy (non-hydrogen) atoms. The Hall–Kier alpha value is -3.71. The Kier molecular flexibility index (Phi) is 8.15. The Morgan fingerprint density at radius 1 is 1.19 bits per heavy atom. The van der Waals surface area contributed by atoms with Crippen molar-refractivity contribution in [1.29, 1.82) is 5.26 Å². The molecule has 0 fully saturated rings. The van der Waals surface area contributed by atoms with Crippen LogP contribution in [0.15, 0.2) is 68.8 Å². The first-order valence-electron chi connectivity index (χ1n) is 11.0. The maximum Gasteiger partial charge on any atom is 0.416 e. The van der Waals surface area contributed by atoms with Crippen LogP contribution in [0.4, 0.5) is 13.2 Å². The summed E-state index contributed by atoms with van der Waals surface area (Å²) in [5, 5.41) is 11.4. The maximum atomic E-state index is 13.4. The van der Waals surface area contributed by atoms with E-state index in [9.17, 15) is 22.8 Å². The van der Waals surface area contributed by atoms with Crippen molar-refractivity contribution in [2.24, 2.45) is 4.36 Å². The number of benzene rings is 2. The number of nitrogens with one attached hydrogen (secondary N) is 1. The van der Waals surface area contributed by atoms with Gasteiger partial charge in [-0.15, -0.1) is 4.36 Å². The number of alkyl halides is 3. The lowest BCUT2D eigenvalue weighted by molar-refractivity contribution is -0.137. The van der Waals surface area contributed by atoms with Gasteiger partial charge in [0.15, 0.2) is 0 Å². The van der Waals surface area contributed by atoms with Crippen LogP contribution >= 0.6 is 0 Å². The van der Waals surface area contributed by atoms with Gasteiger partial charge in [-0.1, -0.05) is 35.0 Å². The first kappa shape index (κ1) is 26.9. The average molecular weight is 515 g/mol. The van der Waals surface area contributed by atoms with Crippen LogP contribution in [0, 0.1) is 18.4 Å². The highest BCUT2D eigenvalue weighted by Crippen LogP contribution is 2.32. The standard InChI is InChI=1S/C26H25F3N4O2S/c1-16(2)33-14-22(25(35)31-13-18-8-10-21(11-9-18)36(4)32-15-30)24(34)23(17(33)3)19-6-5-7-20(12-19)26(27,28)29/h5-12,14,16H,13H2,1-4H3,(H,31,35). The Bertz CT molecular complexity index is 1420. The van der Waals surface area contributed by atoms with Crippen molar-refractivity contribution < 1.29 is 18.0 Å². The summed E-state index contributed by atoms with van der Waals surface area (Å²) >= 11 is 0. The zero-order valence-corrected chi connectivity index (χ0v) is 21.0. The van der Waals surface area contributed by atoms with E-state index in [4.69, 9.17) is 5.26 Å². The minimum absolute atomic E-state index is 0.0584. The molecule has 1 N–H and O–H groups in total. The smallest absolute Gasteiger partial charge is 0.348 e. The molecule has 188 valence electrons. The van der Waals surface area contributed by atoms with Crippen LogP contribution < -0.4 is 10.7 Å². The summed E-state index contributed by atoms with van der Waals surface area (Å²) in [6.45, 7) is 5.51. The van der Waals surface area contributed by atoms with Gasteiger partial charge in [-0.3, -0.25) is 9.59 Å². The topological polar surface area (TPSA) is 87.2 Å². The highest BCUT2D eigenvalue weighted by atomic mass is 32.2. The number of rotatable bonds is 6. The van der Waals surface area contributed by atoms with E-state index >= 15 is 0 Å². The molecule has 1 unspecified atom stereocenters. The van der Waals surface area contributed by atoms with Crippen LogP contribution in [0.3, 0.4) is 0 Å². The first-order valence-corrected chi connectivity index (χ1v) is 12.6. The van der Waals surface area contributed by atoms with Gasteiger partial charge in [0.2, 0.25) is 11.6 Å².